The van der Waals surface area contributed by atoms with Crippen LogP contribution in [0.2, 0.25) is 0 Å². The average Bonchev–Trinajstić information content (AvgIpc) is 3.00. The topological polar surface area (TPSA) is 26.0 Å². The summed E-state index contributed by atoms with van der Waals surface area (Å²) >= 11 is 0. The standard InChI is InChI=1S/C14H21N/c1-11-8-12(4-2-3-7-15)10-14(9-11)13-5-6-13/h8-10,13H,2-7,15H2,1H3. The number of hydrogen-bond donors (Lipinski definition) is 1. The lowest BCUT2D eigenvalue weighted by Gasteiger charge is -2.06. The van der Waals surface area contributed by atoms with E-state index in [1.807, 2.05) is 0 Å². The maximum Gasteiger partial charge on any atom is -0.00772 e. The molecule has 0 saturated heterocycles. The van der Waals surface area contributed by atoms with E-state index in [2.05, 4.69) is 25.1 Å². The third kappa shape index (κ3) is 3.07. The second-order valence-electron chi connectivity index (χ2n) is 4.77. The summed E-state index contributed by atoms with van der Waals surface area (Å²) < 4.78 is 0. The zero-order valence-corrected chi connectivity index (χ0v) is 9.63. The maximum atomic E-state index is 5.51. The van der Waals surface area contributed by atoms with Crippen molar-refractivity contribution in [3.05, 3.63) is 34.9 Å². The van der Waals surface area contributed by atoms with Gasteiger partial charge in [-0.3, -0.25) is 0 Å². The fraction of sp³-hybridized carbons (Fsp3) is 0.571. The Morgan fingerprint density at radius 2 is 2.00 bits per heavy atom. The minimum absolute atomic E-state index is 0.821. The first-order valence-electron chi connectivity index (χ1n) is 6.10. The lowest BCUT2D eigenvalue weighted by Crippen LogP contribution is -1.99. The van der Waals surface area contributed by atoms with Crippen molar-refractivity contribution in [3.63, 3.8) is 0 Å². The van der Waals surface area contributed by atoms with Crippen molar-refractivity contribution < 1.29 is 0 Å². The van der Waals surface area contributed by atoms with Gasteiger partial charge >= 0.3 is 0 Å². The molecule has 82 valence electrons. The van der Waals surface area contributed by atoms with Crippen LogP contribution >= 0.6 is 0 Å². The van der Waals surface area contributed by atoms with Gasteiger partial charge in [-0.25, -0.2) is 0 Å². The van der Waals surface area contributed by atoms with E-state index in [0.717, 1.165) is 18.9 Å². The van der Waals surface area contributed by atoms with E-state index in [1.54, 1.807) is 5.56 Å². The first-order chi connectivity index (χ1) is 7.29. The van der Waals surface area contributed by atoms with Crippen LogP contribution in [0, 0.1) is 6.92 Å². The SMILES string of the molecule is Cc1cc(CCCCN)cc(C2CC2)c1. The average molecular weight is 203 g/mol. The number of unbranched alkanes of at least 4 members (excludes halogenated alkanes) is 1. The number of hydrogen-bond acceptors (Lipinski definition) is 1. The molecule has 2 N–H and O–H groups in total. The van der Waals surface area contributed by atoms with Crippen molar-refractivity contribution in [2.75, 3.05) is 6.54 Å². The Morgan fingerprint density at radius 1 is 1.20 bits per heavy atom. The van der Waals surface area contributed by atoms with Gasteiger partial charge in [-0.15, -0.1) is 0 Å². The van der Waals surface area contributed by atoms with Gasteiger partial charge in [0.2, 0.25) is 0 Å². The summed E-state index contributed by atoms with van der Waals surface area (Å²) in [5.74, 6) is 0.873. The van der Waals surface area contributed by atoms with Crippen LogP contribution in [0.5, 0.6) is 0 Å². The summed E-state index contributed by atoms with van der Waals surface area (Å²) in [6, 6.07) is 7.08. The molecule has 0 aromatic heterocycles. The van der Waals surface area contributed by atoms with Crippen molar-refractivity contribution in [1.82, 2.24) is 0 Å². The van der Waals surface area contributed by atoms with Crippen LogP contribution in [0.3, 0.4) is 0 Å². The summed E-state index contributed by atoms with van der Waals surface area (Å²) in [6.07, 6.45) is 6.35. The second kappa shape index (κ2) is 4.80. The third-order valence-electron chi connectivity index (χ3n) is 3.13. The zero-order valence-electron chi connectivity index (χ0n) is 9.63. The highest BCUT2D eigenvalue weighted by Gasteiger charge is 2.23. The Bertz CT molecular complexity index is 326. The minimum atomic E-state index is 0.821. The molecule has 1 fully saturated rings. The van der Waals surface area contributed by atoms with E-state index in [9.17, 15) is 0 Å². The molecule has 0 spiro atoms. The highest BCUT2D eigenvalue weighted by atomic mass is 14.5. The van der Waals surface area contributed by atoms with E-state index in [0.29, 0.717) is 0 Å². The quantitative estimate of drug-likeness (QED) is 0.731. The van der Waals surface area contributed by atoms with Crippen LogP contribution in [-0.2, 0) is 6.42 Å². The summed E-state index contributed by atoms with van der Waals surface area (Å²) in [5, 5.41) is 0. The molecule has 1 aromatic rings. The first-order valence-corrected chi connectivity index (χ1v) is 6.10. The van der Waals surface area contributed by atoms with Gasteiger partial charge in [0.05, 0.1) is 0 Å². The molecule has 0 aliphatic heterocycles. The Balaban J connectivity index is 2.02. The molecule has 1 aromatic carbocycles. The zero-order chi connectivity index (χ0) is 10.7. The predicted molar refractivity (Wildman–Crippen MR) is 65.1 cm³/mol. The first kappa shape index (κ1) is 10.7. The van der Waals surface area contributed by atoms with Gasteiger partial charge in [0, 0.05) is 0 Å². The molecule has 0 bridgehead atoms. The van der Waals surface area contributed by atoms with Crippen molar-refractivity contribution >= 4 is 0 Å². The number of rotatable bonds is 5. The van der Waals surface area contributed by atoms with Gasteiger partial charge in [-0.1, -0.05) is 23.8 Å². The molecule has 0 amide bonds. The molecule has 0 atom stereocenters. The molecule has 15 heavy (non-hydrogen) atoms. The molecule has 1 aliphatic rings. The van der Waals surface area contributed by atoms with Gasteiger partial charge in [-0.2, -0.15) is 0 Å². The Morgan fingerprint density at radius 3 is 2.67 bits per heavy atom. The van der Waals surface area contributed by atoms with Crippen LogP contribution in [-0.4, -0.2) is 6.54 Å². The van der Waals surface area contributed by atoms with E-state index < -0.39 is 0 Å². The molecule has 1 saturated carbocycles. The highest BCUT2D eigenvalue weighted by molar-refractivity contribution is 5.33. The summed E-state index contributed by atoms with van der Waals surface area (Å²) in [7, 11) is 0. The van der Waals surface area contributed by atoms with Gasteiger partial charge in [0.25, 0.3) is 0 Å². The smallest absolute Gasteiger partial charge is 0.00772 e. The van der Waals surface area contributed by atoms with Crippen molar-refractivity contribution in [1.29, 1.82) is 0 Å². The summed E-state index contributed by atoms with van der Waals surface area (Å²) in [5.41, 5.74) is 10.0. The fourth-order valence-corrected chi connectivity index (χ4v) is 2.16. The van der Waals surface area contributed by atoms with Crippen molar-refractivity contribution in [2.45, 2.75) is 44.9 Å². The van der Waals surface area contributed by atoms with E-state index >= 15 is 0 Å². The third-order valence-corrected chi connectivity index (χ3v) is 3.13. The molecular weight excluding hydrogens is 182 g/mol. The van der Waals surface area contributed by atoms with Gasteiger partial charge in [0.1, 0.15) is 0 Å². The number of aryl methyl sites for hydroxylation is 2. The van der Waals surface area contributed by atoms with Crippen LogP contribution < -0.4 is 5.73 Å². The van der Waals surface area contributed by atoms with Crippen LogP contribution in [0.1, 0.15) is 48.3 Å². The molecular formula is C14H21N. The van der Waals surface area contributed by atoms with Gasteiger partial charge in [0.15, 0.2) is 0 Å². The fourth-order valence-electron chi connectivity index (χ4n) is 2.16. The molecule has 0 unspecified atom stereocenters. The van der Waals surface area contributed by atoms with E-state index in [-0.39, 0.29) is 0 Å². The lowest BCUT2D eigenvalue weighted by molar-refractivity contribution is 0.743. The normalized spacial score (nSPS) is 15.6. The number of benzene rings is 1. The highest BCUT2D eigenvalue weighted by Crippen LogP contribution is 2.40. The molecule has 2 rings (SSSR count). The molecule has 0 heterocycles. The Kier molecular flexibility index (Phi) is 3.42. The predicted octanol–water partition coefficient (Wildman–Crippen LogP) is 3.15. The van der Waals surface area contributed by atoms with E-state index in [4.69, 9.17) is 5.73 Å². The van der Waals surface area contributed by atoms with Gasteiger partial charge in [-0.05, 0) is 62.6 Å². The van der Waals surface area contributed by atoms with E-state index in [1.165, 1.54) is 36.8 Å². The lowest BCUT2D eigenvalue weighted by atomic mass is 10.00. The van der Waals surface area contributed by atoms with Crippen molar-refractivity contribution in [2.24, 2.45) is 5.73 Å². The number of nitrogens with two attached hydrogens (primary N) is 1. The second-order valence-corrected chi connectivity index (χ2v) is 4.77. The van der Waals surface area contributed by atoms with Gasteiger partial charge < -0.3 is 5.73 Å². The molecule has 1 nitrogen and oxygen atoms in total. The monoisotopic (exact) mass is 203 g/mol. The largest absolute Gasteiger partial charge is 0.330 e. The summed E-state index contributed by atoms with van der Waals surface area (Å²) in [6.45, 7) is 3.03. The van der Waals surface area contributed by atoms with Crippen LogP contribution in [0.4, 0.5) is 0 Å². The molecule has 1 heteroatoms. The van der Waals surface area contributed by atoms with Crippen LogP contribution in [0.25, 0.3) is 0 Å². The Labute approximate surface area is 92.7 Å². The summed E-state index contributed by atoms with van der Waals surface area (Å²) in [4.78, 5) is 0. The maximum absolute atomic E-state index is 5.51. The molecule has 0 radical (unpaired) electrons. The van der Waals surface area contributed by atoms with Crippen molar-refractivity contribution in [3.8, 4) is 0 Å². The Hall–Kier alpha value is -0.820. The van der Waals surface area contributed by atoms with Crippen LogP contribution in [0.15, 0.2) is 18.2 Å². The minimum Gasteiger partial charge on any atom is -0.330 e. The molecule has 1 aliphatic carbocycles.